The molecule has 0 radical (unpaired) electrons. The predicted octanol–water partition coefficient (Wildman–Crippen LogP) is 4.93. The molecule has 0 spiro atoms. The van der Waals surface area contributed by atoms with Crippen LogP contribution in [-0.2, 0) is 9.59 Å². The fourth-order valence-electron chi connectivity index (χ4n) is 3.74. The van der Waals surface area contributed by atoms with Crippen molar-refractivity contribution in [2.45, 2.75) is 18.7 Å². The van der Waals surface area contributed by atoms with Gasteiger partial charge in [0.2, 0.25) is 11.8 Å². The first kappa shape index (κ1) is 19.6. The van der Waals surface area contributed by atoms with Gasteiger partial charge in [0.05, 0.1) is 5.92 Å². The smallest absolute Gasteiger partial charge is 0.229 e. The van der Waals surface area contributed by atoms with E-state index in [2.05, 4.69) is 0 Å². The molecule has 2 heterocycles. The number of carbonyl (C=O) groups excluding carboxylic acids is 2. The maximum atomic E-state index is 13.3. The highest BCUT2D eigenvalue weighted by Gasteiger charge is 2.41. The second-order valence-electron chi connectivity index (χ2n) is 7.16. The fraction of sp³-hybridized carbons (Fsp3) is 0.333. The number of aryl methyl sites for hydroxylation is 1. The summed E-state index contributed by atoms with van der Waals surface area (Å²) >= 11 is 14.1. The van der Waals surface area contributed by atoms with E-state index in [0.29, 0.717) is 23.1 Å². The third-order valence-electron chi connectivity index (χ3n) is 5.22. The van der Waals surface area contributed by atoms with Crippen LogP contribution in [0.15, 0.2) is 42.5 Å². The van der Waals surface area contributed by atoms with Gasteiger partial charge < -0.3 is 9.80 Å². The van der Waals surface area contributed by atoms with Gasteiger partial charge in [0.25, 0.3) is 0 Å². The van der Waals surface area contributed by atoms with E-state index in [0.717, 1.165) is 22.6 Å². The van der Waals surface area contributed by atoms with E-state index in [-0.39, 0.29) is 29.5 Å². The van der Waals surface area contributed by atoms with Crippen molar-refractivity contribution in [3.8, 4) is 0 Å². The molecule has 2 aliphatic rings. The first-order chi connectivity index (χ1) is 13.4. The van der Waals surface area contributed by atoms with Crippen molar-refractivity contribution in [2.24, 2.45) is 5.92 Å². The molecule has 2 aromatic rings. The molecule has 4 nitrogen and oxygen atoms in total. The highest BCUT2D eigenvalue weighted by atomic mass is 35.5. The first-order valence-electron chi connectivity index (χ1n) is 9.18. The van der Waals surface area contributed by atoms with Crippen LogP contribution in [0.25, 0.3) is 0 Å². The Morgan fingerprint density at radius 1 is 1.14 bits per heavy atom. The molecule has 2 saturated heterocycles. The summed E-state index contributed by atoms with van der Waals surface area (Å²) in [5, 5.41) is 0.999. The van der Waals surface area contributed by atoms with Crippen LogP contribution < -0.4 is 4.90 Å². The minimum absolute atomic E-state index is 0.00451. The zero-order chi connectivity index (χ0) is 19.8. The molecule has 0 aliphatic carbocycles. The maximum absolute atomic E-state index is 13.3. The molecule has 2 fully saturated rings. The average molecular weight is 435 g/mol. The van der Waals surface area contributed by atoms with Gasteiger partial charge in [-0.2, -0.15) is 0 Å². The number of amides is 2. The number of rotatable bonds is 3. The summed E-state index contributed by atoms with van der Waals surface area (Å²) in [6, 6.07) is 13.2. The van der Waals surface area contributed by atoms with Crippen molar-refractivity contribution < 1.29 is 9.59 Å². The van der Waals surface area contributed by atoms with Crippen LogP contribution in [0.1, 0.15) is 22.9 Å². The van der Waals surface area contributed by atoms with Crippen LogP contribution in [0.3, 0.4) is 0 Å². The SMILES string of the molecule is Cc1ccc(N2CC(C(=O)N3CCSC3c3ccc(Cl)cc3Cl)CC2=O)cc1. The van der Waals surface area contributed by atoms with Crippen LogP contribution >= 0.6 is 35.0 Å². The van der Waals surface area contributed by atoms with E-state index in [1.54, 1.807) is 28.8 Å². The number of nitrogens with zero attached hydrogens (tertiary/aromatic N) is 2. The average Bonchev–Trinajstić information content (AvgIpc) is 3.29. The van der Waals surface area contributed by atoms with Crippen LogP contribution in [-0.4, -0.2) is 35.6 Å². The molecule has 2 atom stereocenters. The summed E-state index contributed by atoms with van der Waals surface area (Å²) in [6.45, 7) is 3.08. The Bertz CT molecular complexity index is 919. The van der Waals surface area contributed by atoms with Gasteiger partial charge in [-0.1, -0.05) is 47.0 Å². The second-order valence-corrected chi connectivity index (χ2v) is 9.19. The third-order valence-corrected chi connectivity index (χ3v) is 7.03. The number of hydrogen-bond donors (Lipinski definition) is 0. The van der Waals surface area contributed by atoms with Gasteiger partial charge in [0.15, 0.2) is 0 Å². The maximum Gasteiger partial charge on any atom is 0.229 e. The summed E-state index contributed by atoms with van der Waals surface area (Å²) in [5.41, 5.74) is 2.88. The normalized spacial score (nSPS) is 22.2. The summed E-state index contributed by atoms with van der Waals surface area (Å²) in [4.78, 5) is 29.4. The molecule has 2 aromatic carbocycles. The first-order valence-corrected chi connectivity index (χ1v) is 11.0. The Morgan fingerprint density at radius 2 is 1.89 bits per heavy atom. The highest BCUT2D eigenvalue weighted by Crippen LogP contribution is 2.43. The number of hydrogen-bond acceptors (Lipinski definition) is 3. The van der Waals surface area contributed by atoms with Crippen LogP contribution in [0.2, 0.25) is 10.0 Å². The molecule has 0 N–H and O–H groups in total. The van der Waals surface area contributed by atoms with Crippen molar-refractivity contribution in [1.29, 1.82) is 0 Å². The quantitative estimate of drug-likeness (QED) is 0.687. The molecule has 146 valence electrons. The molecule has 0 aromatic heterocycles. The molecular weight excluding hydrogens is 415 g/mol. The van der Waals surface area contributed by atoms with Gasteiger partial charge >= 0.3 is 0 Å². The van der Waals surface area contributed by atoms with Crippen LogP contribution in [0.5, 0.6) is 0 Å². The van der Waals surface area contributed by atoms with Gasteiger partial charge in [-0.25, -0.2) is 0 Å². The van der Waals surface area contributed by atoms with Gasteiger partial charge in [0.1, 0.15) is 5.37 Å². The third kappa shape index (κ3) is 3.76. The number of carbonyl (C=O) groups is 2. The van der Waals surface area contributed by atoms with E-state index >= 15 is 0 Å². The Balaban J connectivity index is 1.52. The van der Waals surface area contributed by atoms with Crippen molar-refractivity contribution >= 4 is 52.5 Å². The van der Waals surface area contributed by atoms with E-state index in [1.165, 1.54) is 0 Å². The fourth-order valence-corrected chi connectivity index (χ4v) is 5.61. The molecule has 7 heteroatoms. The Morgan fingerprint density at radius 3 is 2.61 bits per heavy atom. The van der Waals surface area contributed by atoms with Crippen molar-refractivity contribution in [3.63, 3.8) is 0 Å². The van der Waals surface area contributed by atoms with Crippen molar-refractivity contribution in [3.05, 3.63) is 63.6 Å². The van der Waals surface area contributed by atoms with Gasteiger partial charge in [-0.3, -0.25) is 9.59 Å². The van der Waals surface area contributed by atoms with E-state index < -0.39 is 0 Å². The second kappa shape index (κ2) is 7.97. The highest BCUT2D eigenvalue weighted by molar-refractivity contribution is 7.99. The van der Waals surface area contributed by atoms with Gasteiger partial charge in [-0.05, 0) is 31.2 Å². The number of benzene rings is 2. The minimum Gasteiger partial charge on any atom is -0.325 e. The van der Waals surface area contributed by atoms with Crippen LogP contribution in [0.4, 0.5) is 5.69 Å². The Kier molecular flexibility index (Phi) is 5.59. The van der Waals surface area contributed by atoms with E-state index in [9.17, 15) is 9.59 Å². The molecule has 2 aliphatic heterocycles. The molecule has 28 heavy (non-hydrogen) atoms. The number of thioether (sulfide) groups is 1. The lowest BCUT2D eigenvalue weighted by Gasteiger charge is -2.27. The predicted molar refractivity (Wildman–Crippen MR) is 115 cm³/mol. The number of halogens is 2. The van der Waals surface area contributed by atoms with E-state index in [1.807, 2.05) is 42.2 Å². The zero-order valence-corrected chi connectivity index (χ0v) is 17.7. The summed E-state index contributed by atoms with van der Waals surface area (Å²) in [6.07, 6.45) is 0.245. The van der Waals surface area contributed by atoms with E-state index in [4.69, 9.17) is 23.2 Å². The topological polar surface area (TPSA) is 40.6 Å². The zero-order valence-electron chi connectivity index (χ0n) is 15.4. The molecular formula is C21H20Cl2N2O2S. The summed E-state index contributed by atoms with van der Waals surface area (Å²) in [5.74, 6) is 0.526. The molecule has 2 unspecified atom stereocenters. The standard InChI is InChI=1S/C21H20Cl2N2O2S/c1-13-2-5-16(6-3-13)25-12-14(10-19(25)26)20(27)24-8-9-28-21(24)17-7-4-15(22)11-18(17)23/h2-7,11,14,21H,8-10,12H2,1H3. The Labute approximate surface area is 178 Å². The molecule has 4 rings (SSSR count). The summed E-state index contributed by atoms with van der Waals surface area (Å²) in [7, 11) is 0. The number of anilines is 1. The largest absolute Gasteiger partial charge is 0.325 e. The lowest BCUT2D eigenvalue weighted by Crippen LogP contribution is -2.37. The summed E-state index contributed by atoms with van der Waals surface area (Å²) < 4.78 is 0. The van der Waals surface area contributed by atoms with Gasteiger partial charge in [-0.15, -0.1) is 11.8 Å². The Hall–Kier alpha value is -1.69. The molecule has 0 saturated carbocycles. The monoisotopic (exact) mass is 434 g/mol. The van der Waals surface area contributed by atoms with Crippen molar-refractivity contribution in [2.75, 3.05) is 23.7 Å². The lowest BCUT2D eigenvalue weighted by molar-refractivity contribution is -0.136. The van der Waals surface area contributed by atoms with Gasteiger partial charge in [0, 0.05) is 46.6 Å². The molecule has 0 bridgehead atoms. The lowest BCUT2D eigenvalue weighted by atomic mass is 10.1. The van der Waals surface area contributed by atoms with Crippen LogP contribution in [0, 0.1) is 12.8 Å². The molecule has 2 amide bonds. The minimum atomic E-state index is -0.332. The van der Waals surface area contributed by atoms with Crippen molar-refractivity contribution in [1.82, 2.24) is 4.90 Å².